The fourth-order valence-electron chi connectivity index (χ4n) is 12.8. The average Bonchev–Trinajstić information content (AvgIpc) is 3.88. The molecule has 4 aliphatic rings. The summed E-state index contributed by atoms with van der Waals surface area (Å²) in [7, 11) is 0. The summed E-state index contributed by atoms with van der Waals surface area (Å²) < 4.78 is 13.5. The van der Waals surface area contributed by atoms with Gasteiger partial charge in [0.15, 0.2) is 0 Å². The molecule has 2 aliphatic carbocycles. The molecule has 0 amide bonds. The lowest BCUT2D eigenvalue weighted by atomic mass is 9.65. The third-order valence-electron chi connectivity index (χ3n) is 15.4. The summed E-state index contributed by atoms with van der Waals surface area (Å²) in [5.41, 5.74) is 18.8. The number of hydrogen-bond donors (Lipinski definition) is 0. The summed E-state index contributed by atoms with van der Waals surface area (Å²) in [4.78, 5) is 2.54. The largest absolute Gasteiger partial charge is 0.457 e. The van der Waals surface area contributed by atoms with Crippen LogP contribution in [0.3, 0.4) is 0 Å². The second kappa shape index (κ2) is 14.3. The van der Waals surface area contributed by atoms with Gasteiger partial charge in [-0.25, -0.2) is 0 Å². The van der Waals surface area contributed by atoms with Gasteiger partial charge < -0.3 is 14.4 Å². The Morgan fingerprint density at radius 2 is 0.768 bits per heavy atom. The van der Waals surface area contributed by atoms with Crippen LogP contribution >= 0.6 is 0 Å². The van der Waals surface area contributed by atoms with E-state index in [1.807, 2.05) is 0 Å². The van der Waals surface area contributed by atoms with Crippen molar-refractivity contribution in [3.63, 3.8) is 0 Å². The van der Waals surface area contributed by atoms with Gasteiger partial charge in [0, 0.05) is 39.1 Å². The normalized spacial score (nSPS) is 14.3. The molecule has 0 fully saturated rings. The lowest BCUT2D eigenvalue weighted by Crippen LogP contribution is -2.32. The van der Waals surface area contributed by atoms with Crippen LogP contribution in [0.4, 0.5) is 17.1 Å². The van der Waals surface area contributed by atoms with E-state index < -0.39 is 10.8 Å². The van der Waals surface area contributed by atoms with Gasteiger partial charge in [-0.2, -0.15) is 0 Å². The average molecular weight is 880 g/mol. The highest BCUT2D eigenvalue weighted by molar-refractivity contribution is 6.05. The summed E-state index contributed by atoms with van der Waals surface area (Å²) in [6.45, 7) is 0. The molecule has 69 heavy (non-hydrogen) atoms. The maximum absolute atomic E-state index is 6.79. The van der Waals surface area contributed by atoms with Crippen LogP contribution < -0.4 is 14.4 Å². The Balaban J connectivity index is 1.06. The quantitative estimate of drug-likeness (QED) is 0.176. The van der Waals surface area contributed by atoms with Crippen LogP contribution in [0.25, 0.3) is 44.2 Å². The smallest absolute Gasteiger partial charge is 0.132 e. The number of para-hydroxylation sites is 5. The van der Waals surface area contributed by atoms with Crippen molar-refractivity contribution < 1.29 is 9.47 Å². The maximum Gasteiger partial charge on any atom is 0.132 e. The van der Waals surface area contributed by atoms with Gasteiger partial charge in [0.25, 0.3) is 0 Å². The van der Waals surface area contributed by atoms with Gasteiger partial charge in [0.1, 0.15) is 23.0 Å². The van der Waals surface area contributed by atoms with E-state index in [9.17, 15) is 0 Å². The molecule has 2 spiro atoms. The maximum atomic E-state index is 6.79. The van der Waals surface area contributed by atoms with Crippen molar-refractivity contribution in [3.05, 3.63) is 293 Å². The van der Waals surface area contributed by atoms with E-state index in [1.165, 1.54) is 55.3 Å². The molecule has 11 aromatic carbocycles. The molecule has 322 valence electrons. The number of nitrogens with zero attached hydrogens (tertiary/aromatic N) is 1. The van der Waals surface area contributed by atoms with Gasteiger partial charge in [-0.1, -0.05) is 200 Å². The summed E-state index contributed by atoms with van der Waals surface area (Å²) in [6.07, 6.45) is 0. The Morgan fingerprint density at radius 3 is 1.41 bits per heavy atom. The van der Waals surface area contributed by atoms with Gasteiger partial charge in [-0.15, -0.1) is 0 Å². The van der Waals surface area contributed by atoms with Crippen molar-refractivity contribution in [1.82, 2.24) is 0 Å². The number of anilines is 3. The molecule has 2 aliphatic heterocycles. The van der Waals surface area contributed by atoms with Crippen molar-refractivity contribution in [2.75, 3.05) is 4.90 Å². The number of rotatable bonds is 4. The molecular weight excluding hydrogens is 839 g/mol. The highest BCUT2D eigenvalue weighted by atomic mass is 16.5. The summed E-state index contributed by atoms with van der Waals surface area (Å²) in [5, 5.41) is 2.38. The van der Waals surface area contributed by atoms with E-state index >= 15 is 0 Å². The molecule has 3 heteroatoms. The highest BCUT2D eigenvalue weighted by Gasteiger charge is 2.53. The fraction of sp³-hybridized carbons (Fsp3) is 0.0303. The molecule has 0 bridgehead atoms. The van der Waals surface area contributed by atoms with Crippen molar-refractivity contribution in [2.24, 2.45) is 0 Å². The molecule has 2 heterocycles. The zero-order chi connectivity index (χ0) is 45.3. The van der Waals surface area contributed by atoms with Crippen molar-refractivity contribution in [3.8, 4) is 56.4 Å². The summed E-state index contributed by atoms with van der Waals surface area (Å²) >= 11 is 0. The summed E-state index contributed by atoms with van der Waals surface area (Å²) in [5.74, 6) is 3.53. The van der Waals surface area contributed by atoms with Crippen molar-refractivity contribution in [2.45, 2.75) is 10.8 Å². The number of benzene rings is 11. The SMILES string of the molecule is c1ccc(-c2ccccc2N(c2ccc3ccc4c(c3c2)C2(c3ccccc3Oc3ccccc32)c2ccccc2-4)c2cccc3c2-c2ccccc2C32c3ccccc3Oc3ccccc32)cc1. The Kier molecular flexibility index (Phi) is 7.92. The topological polar surface area (TPSA) is 21.7 Å². The molecule has 0 atom stereocenters. The zero-order valence-electron chi connectivity index (χ0n) is 37.4. The third-order valence-corrected chi connectivity index (χ3v) is 15.4. The molecule has 3 nitrogen and oxygen atoms in total. The Bertz CT molecular complexity index is 3850. The molecule has 15 rings (SSSR count). The van der Waals surface area contributed by atoms with E-state index in [-0.39, 0.29) is 0 Å². The van der Waals surface area contributed by atoms with Crippen LogP contribution in [0.15, 0.2) is 249 Å². The molecule has 11 aromatic rings. The van der Waals surface area contributed by atoms with E-state index in [0.29, 0.717) is 0 Å². The highest BCUT2D eigenvalue weighted by Crippen LogP contribution is 2.66. The molecule has 0 saturated heterocycles. The Hall–Kier alpha value is -8.92. The molecule has 0 radical (unpaired) electrons. The minimum Gasteiger partial charge on any atom is -0.457 e. The lowest BCUT2D eigenvalue weighted by Gasteiger charge is -2.40. The van der Waals surface area contributed by atoms with Gasteiger partial charge >= 0.3 is 0 Å². The van der Waals surface area contributed by atoms with Crippen LogP contribution in [0.5, 0.6) is 23.0 Å². The monoisotopic (exact) mass is 879 g/mol. The van der Waals surface area contributed by atoms with E-state index in [4.69, 9.17) is 9.47 Å². The minimum absolute atomic E-state index is 0.621. The van der Waals surface area contributed by atoms with Crippen LogP contribution in [-0.2, 0) is 10.8 Å². The Morgan fingerprint density at radius 1 is 0.304 bits per heavy atom. The van der Waals surface area contributed by atoms with Gasteiger partial charge in [-0.05, 0) is 104 Å². The number of hydrogen-bond acceptors (Lipinski definition) is 3. The Labute approximate surface area is 400 Å². The molecule has 0 unspecified atom stereocenters. The first-order valence-corrected chi connectivity index (χ1v) is 23.8. The predicted molar refractivity (Wildman–Crippen MR) is 279 cm³/mol. The van der Waals surface area contributed by atoms with Crippen molar-refractivity contribution in [1.29, 1.82) is 0 Å². The first-order valence-electron chi connectivity index (χ1n) is 23.8. The van der Waals surface area contributed by atoms with Gasteiger partial charge in [0.05, 0.1) is 22.2 Å². The van der Waals surface area contributed by atoms with Crippen molar-refractivity contribution >= 4 is 27.8 Å². The second-order valence-corrected chi connectivity index (χ2v) is 18.6. The fourth-order valence-corrected chi connectivity index (χ4v) is 12.8. The zero-order valence-corrected chi connectivity index (χ0v) is 37.4. The molecule has 0 saturated carbocycles. The van der Waals surface area contributed by atoms with Crippen LogP contribution in [-0.4, -0.2) is 0 Å². The van der Waals surface area contributed by atoms with E-state index in [0.717, 1.165) is 73.4 Å². The summed E-state index contributed by atoms with van der Waals surface area (Å²) in [6, 6.07) is 91.0. The van der Waals surface area contributed by atoms with E-state index in [2.05, 4.69) is 254 Å². The molecule has 0 N–H and O–H groups in total. The molecular formula is C66H41NO2. The van der Waals surface area contributed by atoms with Crippen LogP contribution in [0.1, 0.15) is 44.5 Å². The standard InChI is InChI=1S/C66H41NO2/c1-2-19-42(20-3-1)45-21-6-13-31-57(45)67(58-32-18-30-56-63(58)48-23-5-8-25-51(48)65(56)52-26-9-14-33-59(52)68-60-34-15-10-27-53(60)65)44-39-37-43-38-40-47-46-22-4-7-24-50(46)66(64(47)49(43)41-44)54-28-11-16-35-61(54)69-62-36-17-12-29-55(62)66/h1-41H. The van der Waals surface area contributed by atoms with Gasteiger partial charge in [0.2, 0.25) is 0 Å². The van der Waals surface area contributed by atoms with Gasteiger partial charge in [-0.3, -0.25) is 0 Å². The third kappa shape index (κ3) is 5.01. The van der Waals surface area contributed by atoms with Crippen LogP contribution in [0, 0.1) is 0 Å². The first-order chi connectivity index (χ1) is 34.2. The van der Waals surface area contributed by atoms with Crippen LogP contribution in [0.2, 0.25) is 0 Å². The number of ether oxygens (including phenoxy) is 2. The predicted octanol–water partition coefficient (Wildman–Crippen LogP) is 16.9. The lowest BCUT2D eigenvalue weighted by molar-refractivity contribution is 0.436. The molecule has 0 aromatic heterocycles. The van der Waals surface area contributed by atoms with E-state index in [1.54, 1.807) is 0 Å². The minimum atomic E-state index is -0.634. The number of fused-ring (bicyclic) bond motifs is 20. The second-order valence-electron chi connectivity index (χ2n) is 18.6. The first kappa shape index (κ1) is 38.2.